The summed E-state index contributed by atoms with van der Waals surface area (Å²) >= 11 is 7.45. The normalized spacial score (nSPS) is 20.3. The summed E-state index contributed by atoms with van der Waals surface area (Å²) in [6.45, 7) is 1.00. The van der Waals surface area contributed by atoms with Crippen molar-refractivity contribution in [2.24, 2.45) is 0 Å². The van der Waals surface area contributed by atoms with E-state index < -0.39 is 11.8 Å². The Hall–Kier alpha value is -1.08. The summed E-state index contributed by atoms with van der Waals surface area (Å²) in [6.07, 6.45) is 1.48. The number of rotatable bonds is 4. The van der Waals surface area contributed by atoms with Crippen LogP contribution in [-0.4, -0.2) is 30.1 Å². The van der Waals surface area contributed by atoms with E-state index in [0.717, 1.165) is 10.5 Å². The fourth-order valence-electron chi connectivity index (χ4n) is 2.81. The van der Waals surface area contributed by atoms with Crippen LogP contribution in [0, 0.1) is 5.82 Å². The molecule has 3 rings (SSSR count). The molecule has 0 unspecified atom stereocenters. The molecular formula is C16H16ClFO4S. The lowest BCUT2D eigenvalue weighted by Crippen LogP contribution is -2.35. The average molecular weight is 359 g/mol. The van der Waals surface area contributed by atoms with Crippen molar-refractivity contribution in [1.82, 2.24) is 0 Å². The van der Waals surface area contributed by atoms with Crippen molar-refractivity contribution in [1.29, 1.82) is 0 Å². The molecule has 0 bridgehead atoms. The smallest absolute Gasteiger partial charge is 0.332 e. The van der Waals surface area contributed by atoms with Crippen LogP contribution < -0.4 is 0 Å². The molecule has 0 saturated carbocycles. The summed E-state index contributed by atoms with van der Waals surface area (Å²) in [5.41, 5.74) is 1.12. The maximum absolute atomic E-state index is 13.1. The molecular weight excluding hydrogens is 343 g/mol. The maximum Gasteiger partial charge on any atom is 0.332 e. The van der Waals surface area contributed by atoms with Crippen molar-refractivity contribution < 1.29 is 23.8 Å². The number of carboxylic acid groups (broad SMARTS) is 1. The van der Waals surface area contributed by atoms with E-state index in [1.807, 2.05) is 0 Å². The van der Waals surface area contributed by atoms with Gasteiger partial charge in [-0.15, -0.1) is 11.8 Å². The lowest BCUT2D eigenvalue weighted by atomic mass is 9.93. The standard InChI is InChI=1S/C16H16ClFO4S/c17-13-7-11(18)2-1-10(13)9-23-14-3-4-16(21-5-6-22-16)8-12(14)15(19)20/h1-2,7H,3-6,8-9H2,(H,19,20). The molecule has 124 valence electrons. The second-order valence-corrected chi connectivity index (χ2v) is 6.99. The van der Waals surface area contributed by atoms with Crippen molar-refractivity contribution in [3.63, 3.8) is 0 Å². The molecule has 1 aliphatic carbocycles. The van der Waals surface area contributed by atoms with Crippen LogP contribution in [0.3, 0.4) is 0 Å². The fourth-order valence-corrected chi connectivity index (χ4v) is 4.29. The van der Waals surface area contributed by atoms with Crippen molar-refractivity contribution in [3.05, 3.63) is 45.1 Å². The first-order valence-corrected chi connectivity index (χ1v) is 8.65. The Labute approximate surface area is 142 Å². The molecule has 1 heterocycles. The van der Waals surface area contributed by atoms with E-state index in [0.29, 0.717) is 42.4 Å². The summed E-state index contributed by atoms with van der Waals surface area (Å²) < 4.78 is 24.3. The highest BCUT2D eigenvalue weighted by Crippen LogP contribution is 2.43. The number of allylic oxidation sites excluding steroid dienone is 1. The first-order chi connectivity index (χ1) is 11.0. The lowest BCUT2D eigenvalue weighted by Gasteiger charge is -2.32. The van der Waals surface area contributed by atoms with Gasteiger partial charge in [0.05, 0.1) is 18.8 Å². The molecule has 23 heavy (non-hydrogen) atoms. The van der Waals surface area contributed by atoms with E-state index in [1.165, 1.54) is 23.9 Å². The van der Waals surface area contributed by atoms with Gasteiger partial charge in [0.25, 0.3) is 0 Å². The van der Waals surface area contributed by atoms with Crippen LogP contribution in [-0.2, 0) is 20.0 Å². The van der Waals surface area contributed by atoms with Crippen LogP contribution in [0.4, 0.5) is 4.39 Å². The molecule has 1 aromatic carbocycles. The minimum absolute atomic E-state index is 0.252. The van der Waals surface area contributed by atoms with Gasteiger partial charge in [-0.3, -0.25) is 0 Å². The first kappa shape index (κ1) is 16.8. The van der Waals surface area contributed by atoms with Crippen LogP contribution in [0.1, 0.15) is 24.8 Å². The van der Waals surface area contributed by atoms with Crippen molar-refractivity contribution in [2.75, 3.05) is 13.2 Å². The zero-order chi connectivity index (χ0) is 16.4. The quantitative estimate of drug-likeness (QED) is 0.882. The number of carboxylic acids is 1. The predicted molar refractivity (Wildman–Crippen MR) is 85.9 cm³/mol. The van der Waals surface area contributed by atoms with Crippen molar-refractivity contribution in [2.45, 2.75) is 30.8 Å². The summed E-state index contributed by atoms with van der Waals surface area (Å²) in [7, 11) is 0. The second-order valence-electron chi connectivity index (χ2n) is 5.52. The van der Waals surface area contributed by atoms with Gasteiger partial charge in [0.1, 0.15) is 5.82 Å². The minimum atomic E-state index is -0.948. The summed E-state index contributed by atoms with van der Waals surface area (Å²) in [6, 6.07) is 4.24. The Morgan fingerprint density at radius 2 is 2.13 bits per heavy atom. The zero-order valence-electron chi connectivity index (χ0n) is 12.3. The molecule has 1 saturated heterocycles. The fraction of sp³-hybridized carbons (Fsp3) is 0.438. The van der Waals surface area contributed by atoms with E-state index in [9.17, 15) is 14.3 Å². The van der Waals surface area contributed by atoms with Crippen molar-refractivity contribution >= 4 is 29.3 Å². The highest BCUT2D eigenvalue weighted by atomic mass is 35.5. The van der Waals surface area contributed by atoms with E-state index >= 15 is 0 Å². The molecule has 0 radical (unpaired) electrons. The average Bonchev–Trinajstić information content (AvgIpc) is 2.95. The molecule has 1 aliphatic heterocycles. The van der Waals surface area contributed by atoms with Gasteiger partial charge in [0.2, 0.25) is 0 Å². The van der Waals surface area contributed by atoms with Gasteiger partial charge in [-0.1, -0.05) is 17.7 Å². The number of thioether (sulfide) groups is 1. The summed E-state index contributed by atoms with van der Waals surface area (Å²) in [4.78, 5) is 12.4. The topological polar surface area (TPSA) is 55.8 Å². The van der Waals surface area contributed by atoms with Gasteiger partial charge < -0.3 is 14.6 Å². The number of hydrogen-bond donors (Lipinski definition) is 1. The number of halogens is 2. The molecule has 1 spiro atoms. The molecule has 4 nitrogen and oxygen atoms in total. The molecule has 0 aromatic heterocycles. The van der Waals surface area contributed by atoms with E-state index in [-0.39, 0.29) is 12.2 Å². The summed E-state index contributed by atoms with van der Waals surface area (Å²) in [5.74, 6) is -1.61. The monoisotopic (exact) mass is 358 g/mol. The lowest BCUT2D eigenvalue weighted by molar-refractivity contribution is -0.166. The van der Waals surface area contributed by atoms with Crippen LogP contribution in [0.2, 0.25) is 5.02 Å². The number of ether oxygens (including phenoxy) is 2. The van der Waals surface area contributed by atoms with Crippen LogP contribution in [0.15, 0.2) is 28.7 Å². The minimum Gasteiger partial charge on any atom is -0.478 e. The molecule has 1 fully saturated rings. The maximum atomic E-state index is 13.1. The van der Waals surface area contributed by atoms with Gasteiger partial charge in [0, 0.05) is 23.6 Å². The van der Waals surface area contributed by atoms with Gasteiger partial charge in [0.15, 0.2) is 5.79 Å². The van der Waals surface area contributed by atoms with E-state index in [2.05, 4.69) is 0 Å². The van der Waals surface area contributed by atoms with Gasteiger partial charge >= 0.3 is 5.97 Å². The number of aliphatic carboxylic acids is 1. The second kappa shape index (κ2) is 6.81. The summed E-state index contributed by atoms with van der Waals surface area (Å²) in [5, 5.41) is 9.83. The number of carbonyl (C=O) groups is 1. The first-order valence-electron chi connectivity index (χ1n) is 7.29. The SMILES string of the molecule is O=C(O)C1=C(SCc2ccc(F)cc2Cl)CCC2(C1)OCCO2. The number of hydrogen-bond acceptors (Lipinski definition) is 4. The largest absolute Gasteiger partial charge is 0.478 e. The molecule has 1 aromatic rings. The van der Waals surface area contributed by atoms with Crippen molar-refractivity contribution in [3.8, 4) is 0 Å². The molecule has 0 atom stereocenters. The third-order valence-corrected chi connectivity index (χ3v) is 5.61. The number of benzene rings is 1. The zero-order valence-corrected chi connectivity index (χ0v) is 13.9. The van der Waals surface area contributed by atoms with Crippen LogP contribution in [0.25, 0.3) is 0 Å². The van der Waals surface area contributed by atoms with E-state index in [4.69, 9.17) is 21.1 Å². The van der Waals surface area contributed by atoms with Crippen LogP contribution >= 0.6 is 23.4 Å². The van der Waals surface area contributed by atoms with E-state index in [1.54, 1.807) is 6.07 Å². The Balaban J connectivity index is 1.75. The van der Waals surface area contributed by atoms with Gasteiger partial charge in [-0.2, -0.15) is 0 Å². The van der Waals surface area contributed by atoms with Crippen LogP contribution in [0.5, 0.6) is 0 Å². The third kappa shape index (κ3) is 3.71. The molecule has 2 aliphatic rings. The highest BCUT2D eigenvalue weighted by Gasteiger charge is 2.42. The molecule has 7 heteroatoms. The Bertz CT molecular complexity index is 655. The predicted octanol–water partition coefficient (Wildman–Crippen LogP) is 3.98. The molecule has 1 N–H and O–H groups in total. The van der Waals surface area contributed by atoms with Gasteiger partial charge in [-0.25, -0.2) is 9.18 Å². The Kier molecular flexibility index (Phi) is 4.96. The highest BCUT2D eigenvalue weighted by molar-refractivity contribution is 8.02. The third-order valence-electron chi connectivity index (χ3n) is 4.00. The Morgan fingerprint density at radius 1 is 1.39 bits per heavy atom. The Morgan fingerprint density at radius 3 is 2.78 bits per heavy atom. The van der Waals surface area contributed by atoms with Gasteiger partial charge in [-0.05, 0) is 29.0 Å². The molecule has 0 amide bonds.